The Kier molecular flexibility index (Phi) is 5.74. The van der Waals surface area contributed by atoms with Crippen molar-refractivity contribution in [3.05, 3.63) is 25.2 Å². The minimum Gasteiger partial charge on any atom is -0.347 e. The van der Waals surface area contributed by atoms with Crippen LogP contribution in [-0.4, -0.2) is 36.9 Å². The molecule has 102 valence electrons. The van der Waals surface area contributed by atoms with Gasteiger partial charge in [0.1, 0.15) is 0 Å². The van der Waals surface area contributed by atoms with Crippen LogP contribution < -0.4 is 5.14 Å². The predicted molar refractivity (Wildman–Crippen MR) is 60.7 cm³/mol. The van der Waals surface area contributed by atoms with E-state index in [9.17, 15) is 21.6 Å². The molecule has 0 saturated heterocycles. The molecule has 0 atom stereocenters. The second-order valence-electron chi connectivity index (χ2n) is 3.08. The number of nitrogens with two attached hydrogens (primary N) is 1. The summed E-state index contributed by atoms with van der Waals surface area (Å²) in [6, 6.07) is 0. The molecule has 0 spiro atoms. The van der Waals surface area contributed by atoms with Crippen LogP contribution in [0.25, 0.3) is 0 Å². The molecule has 1 rings (SSSR count). The largest absolute Gasteiger partial charge is 0.511 e. The van der Waals surface area contributed by atoms with E-state index in [0.717, 1.165) is 6.67 Å². The Morgan fingerprint density at radius 3 is 2.28 bits per heavy atom. The van der Waals surface area contributed by atoms with Gasteiger partial charge in [-0.05, 0) is 6.20 Å². The Hall–Kier alpha value is -1.66. The fourth-order valence-electron chi connectivity index (χ4n) is 0.822. The highest BCUT2D eigenvalue weighted by molar-refractivity contribution is 7.90. The van der Waals surface area contributed by atoms with E-state index in [1.165, 1.54) is 0 Å². The SMILES string of the molecule is C#CCN1C=CN(C=C)C1.NS(=O)(=O)C(F)(F)F. The van der Waals surface area contributed by atoms with Crippen molar-refractivity contribution in [2.45, 2.75) is 5.51 Å². The smallest absolute Gasteiger partial charge is 0.347 e. The van der Waals surface area contributed by atoms with Crippen LogP contribution >= 0.6 is 0 Å². The number of hydrogen-bond donors (Lipinski definition) is 1. The maximum atomic E-state index is 10.8. The average molecular weight is 283 g/mol. The van der Waals surface area contributed by atoms with Gasteiger partial charge in [0.25, 0.3) is 0 Å². The van der Waals surface area contributed by atoms with Crippen LogP contribution in [-0.2, 0) is 10.0 Å². The molecule has 0 saturated carbocycles. The van der Waals surface area contributed by atoms with E-state index in [0.29, 0.717) is 6.54 Å². The van der Waals surface area contributed by atoms with Gasteiger partial charge < -0.3 is 9.80 Å². The van der Waals surface area contributed by atoms with Crippen LogP contribution in [0.15, 0.2) is 25.2 Å². The summed E-state index contributed by atoms with van der Waals surface area (Å²) in [4.78, 5) is 4.00. The molecule has 1 heterocycles. The molecule has 0 bridgehead atoms. The van der Waals surface area contributed by atoms with E-state index in [1.54, 1.807) is 6.20 Å². The molecule has 9 heteroatoms. The van der Waals surface area contributed by atoms with Crippen molar-refractivity contribution >= 4 is 10.0 Å². The second-order valence-corrected chi connectivity index (χ2v) is 4.63. The lowest BCUT2D eigenvalue weighted by atomic mass is 10.6. The molecule has 0 radical (unpaired) electrons. The fourth-order valence-corrected chi connectivity index (χ4v) is 0.822. The molecule has 0 aromatic carbocycles. The summed E-state index contributed by atoms with van der Waals surface area (Å²) in [6.07, 6.45) is 10.8. The van der Waals surface area contributed by atoms with Gasteiger partial charge in [0.05, 0.1) is 13.2 Å². The van der Waals surface area contributed by atoms with Crippen molar-refractivity contribution in [2.24, 2.45) is 5.14 Å². The molecule has 0 amide bonds. The lowest BCUT2D eigenvalue weighted by Crippen LogP contribution is -2.30. The summed E-state index contributed by atoms with van der Waals surface area (Å²) in [6.45, 7) is 5.13. The van der Waals surface area contributed by atoms with Crippen molar-refractivity contribution in [1.82, 2.24) is 9.80 Å². The summed E-state index contributed by atoms with van der Waals surface area (Å²) >= 11 is 0. The van der Waals surface area contributed by atoms with Gasteiger partial charge in [-0.1, -0.05) is 12.5 Å². The normalized spacial score (nSPS) is 14.8. The predicted octanol–water partition coefficient (Wildman–Crippen LogP) is 0.604. The summed E-state index contributed by atoms with van der Waals surface area (Å²) in [7, 11) is -5.34. The fraction of sp³-hybridized carbons (Fsp3) is 0.333. The van der Waals surface area contributed by atoms with Crippen LogP contribution in [0.4, 0.5) is 13.2 Å². The molecular weight excluding hydrogens is 271 g/mol. The Morgan fingerprint density at radius 1 is 1.50 bits per heavy atom. The van der Waals surface area contributed by atoms with Crippen LogP contribution in [0.5, 0.6) is 0 Å². The average Bonchev–Trinajstić information content (AvgIpc) is 2.64. The zero-order valence-corrected chi connectivity index (χ0v) is 10.1. The van der Waals surface area contributed by atoms with E-state index >= 15 is 0 Å². The number of halogens is 3. The van der Waals surface area contributed by atoms with Crippen molar-refractivity contribution in [2.75, 3.05) is 13.2 Å². The van der Waals surface area contributed by atoms with Crippen LogP contribution in [0, 0.1) is 12.3 Å². The highest BCUT2D eigenvalue weighted by Crippen LogP contribution is 2.18. The molecule has 0 unspecified atom stereocenters. The Balaban J connectivity index is 0.000000331. The summed E-state index contributed by atoms with van der Waals surface area (Å²) in [5.74, 6) is 2.57. The zero-order valence-electron chi connectivity index (χ0n) is 9.26. The molecule has 0 aliphatic carbocycles. The summed E-state index contributed by atoms with van der Waals surface area (Å²) in [5, 5.41) is 3.66. The molecule has 1 aliphatic rings. The van der Waals surface area contributed by atoms with Crippen LogP contribution in [0.1, 0.15) is 0 Å². The summed E-state index contributed by atoms with van der Waals surface area (Å²) < 4.78 is 51.2. The third-order valence-electron chi connectivity index (χ3n) is 1.67. The van der Waals surface area contributed by atoms with E-state index in [2.05, 4.69) is 17.6 Å². The lowest BCUT2D eigenvalue weighted by molar-refractivity contribution is -0.0436. The third-order valence-corrected chi connectivity index (χ3v) is 2.31. The molecule has 5 nitrogen and oxygen atoms in total. The highest BCUT2D eigenvalue weighted by atomic mass is 32.2. The highest BCUT2D eigenvalue weighted by Gasteiger charge is 2.42. The molecule has 18 heavy (non-hydrogen) atoms. The Labute approximate surface area is 103 Å². The van der Waals surface area contributed by atoms with Gasteiger partial charge in [-0.2, -0.15) is 13.2 Å². The van der Waals surface area contributed by atoms with Gasteiger partial charge in [0, 0.05) is 12.4 Å². The number of terminal acetylenes is 1. The first-order valence-electron chi connectivity index (χ1n) is 4.45. The van der Waals surface area contributed by atoms with Gasteiger partial charge in [-0.15, -0.1) is 6.42 Å². The summed E-state index contributed by atoms with van der Waals surface area (Å²) in [5.41, 5.74) is -5.31. The van der Waals surface area contributed by atoms with E-state index in [4.69, 9.17) is 6.42 Å². The van der Waals surface area contributed by atoms with Gasteiger partial charge in [-0.25, -0.2) is 13.6 Å². The molecule has 0 aromatic rings. The van der Waals surface area contributed by atoms with E-state index < -0.39 is 15.5 Å². The molecule has 1 aliphatic heterocycles. The van der Waals surface area contributed by atoms with Crippen LogP contribution in [0.3, 0.4) is 0 Å². The number of hydrogen-bond acceptors (Lipinski definition) is 4. The zero-order chi connectivity index (χ0) is 14.4. The first-order valence-corrected chi connectivity index (χ1v) is 5.99. The number of nitrogens with zero attached hydrogens (tertiary/aromatic N) is 2. The van der Waals surface area contributed by atoms with Gasteiger partial charge in [0.2, 0.25) is 0 Å². The molecule has 0 fully saturated rings. The van der Waals surface area contributed by atoms with E-state index in [1.807, 2.05) is 22.2 Å². The Bertz CT molecular complexity index is 451. The van der Waals surface area contributed by atoms with Gasteiger partial charge in [-0.3, -0.25) is 0 Å². The first kappa shape index (κ1) is 16.3. The molecule has 0 aromatic heterocycles. The topological polar surface area (TPSA) is 66.6 Å². The molecular formula is C9H12F3N3O2S. The maximum absolute atomic E-state index is 10.8. The molecule has 2 N–H and O–H groups in total. The van der Waals surface area contributed by atoms with Crippen molar-refractivity contribution in [1.29, 1.82) is 0 Å². The first-order chi connectivity index (χ1) is 8.11. The minimum absolute atomic E-state index is 0.668. The minimum atomic E-state index is -5.34. The number of primary sulfonamides is 1. The Morgan fingerprint density at radius 2 is 2.00 bits per heavy atom. The number of alkyl halides is 3. The van der Waals surface area contributed by atoms with E-state index in [-0.39, 0.29) is 0 Å². The number of sulfonamides is 1. The maximum Gasteiger partial charge on any atom is 0.511 e. The lowest BCUT2D eigenvalue weighted by Gasteiger charge is -2.14. The standard InChI is InChI=1S/C8H10N2.CH2F3NO2S/c1-3-5-10-7-6-9(4-2)8-10;2-1(3,4)8(5,6)7/h1,4,6-7H,2,5,8H2;(H2,5,6,7). The van der Waals surface area contributed by atoms with Gasteiger partial charge in [0.15, 0.2) is 0 Å². The van der Waals surface area contributed by atoms with Gasteiger partial charge >= 0.3 is 15.5 Å². The van der Waals surface area contributed by atoms with Crippen molar-refractivity contribution in [3.8, 4) is 12.3 Å². The van der Waals surface area contributed by atoms with Crippen molar-refractivity contribution < 1.29 is 21.6 Å². The van der Waals surface area contributed by atoms with Crippen molar-refractivity contribution in [3.63, 3.8) is 0 Å². The quantitative estimate of drug-likeness (QED) is 0.754. The third kappa shape index (κ3) is 5.60. The monoisotopic (exact) mass is 283 g/mol. The van der Waals surface area contributed by atoms with Crippen LogP contribution in [0.2, 0.25) is 0 Å². The number of rotatable bonds is 2. The second kappa shape index (κ2) is 6.32.